The highest BCUT2D eigenvalue weighted by molar-refractivity contribution is 5.80. The van der Waals surface area contributed by atoms with Crippen LogP contribution in [0.15, 0.2) is 35.4 Å². The number of rotatable bonds is 2. The Morgan fingerprint density at radius 2 is 1.86 bits per heavy atom. The molecule has 2 saturated heterocycles. The molecule has 21 heavy (non-hydrogen) atoms. The number of nitrogens with zero attached hydrogens (tertiary/aromatic N) is 1. The monoisotopic (exact) mass is 281 g/mol. The van der Waals surface area contributed by atoms with Crippen LogP contribution in [0.5, 0.6) is 0 Å². The zero-order chi connectivity index (χ0) is 14.4. The Labute approximate surface area is 126 Å². The van der Waals surface area contributed by atoms with Crippen molar-refractivity contribution >= 4 is 5.91 Å². The molecule has 2 nitrogen and oxygen atoms in total. The molecule has 2 aliphatic heterocycles. The number of hydrogen-bond donors (Lipinski definition) is 0. The fourth-order valence-corrected chi connectivity index (χ4v) is 4.21. The molecule has 0 N–H and O–H groups in total. The van der Waals surface area contributed by atoms with Gasteiger partial charge in [-0.25, -0.2) is 0 Å². The molecule has 2 heteroatoms. The van der Waals surface area contributed by atoms with Gasteiger partial charge in [0.05, 0.1) is 6.42 Å². The van der Waals surface area contributed by atoms with Crippen molar-refractivity contribution < 1.29 is 4.79 Å². The van der Waals surface area contributed by atoms with Gasteiger partial charge >= 0.3 is 0 Å². The highest BCUT2D eigenvalue weighted by atomic mass is 16.2. The van der Waals surface area contributed by atoms with E-state index in [0.29, 0.717) is 24.4 Å². The van der Waals surface area contributed by atoms with Crippen LogP contribution in [0.4, 0.5) is 0 Å². The van der Waals surface area contributed by atoms with E-state index >= 15 is 0 Å². The summed E-state index contributed by atoms with van der Waals surface area (Å²) in [6.45, 7) is 2.09. The molecule has 0 radical (unpaired) electrons. The van der Waals surface area contributed by atoms with Gasteiger partial charge in [0, 0.05) is 12.1 Å². The average molecular weight is 281 g/mol. The number of fused-ring (bicyclic) bond motifs is 2. The molecule has 0 spiro atoms. The molecule has 1 aromatic rings. The van der Waals surface area contributed by atoms with Gasteiger partial charge in [-0.2, -0.15) is 0 Å². The molecule has 0 aromatic heterocycles. The van der Waals surface area contributed by atoms with Gasteiger partial charge in [-0.3, -0.25) is 4.79 Å². The normalized spacial score (nSPS) is 27.2. The number of amides is 1. The molecule has 2 unspecified atom stereocenters. The first-order valence-electron chi connectivity index (χ1n) is 8.27. The molecular weight excluding hydrogens is 258 g/mol. The molecule has 1 aliphatic carbocycles. The zero-order valence-corrected chi connectivity index (χ0v) is 12.8. The molecule has 110 valence electrons. The van der Waals surface area contributed by atoms with Gasteiger partial charge in [-0.05, 0) is 51.0 Å². The first-order chi connectivity index (χ1) is 10.2. The summed E-state index contributed by atoms with van der Waals surface area (Å²) in [6.07, 6.45) is 7.96. The summed E-state index contributed by atoms with van der Waals surface area (Å²) in [5.74, 6) is 0.341. The third-order valence-electron chi connectivity index (χ3n) is 5.31. The van der Waals surface area contributed by atoms with Crippen molar-refractivity contribution in [2.45, 2.75) is 64.0 Å². The molecule has 4 rings (SSSR count). The number of hydrogen-bond acceptors (Lipinski definition) is 1. The molecule has 2 atom stereocenters. The lowest BCUT2D eigenvalue weighted by Crippen LogP contribution is -2.45. The van der Waals surface area contributed by atoms with Crippen LogP contribution in [0.1, 0.15) is 49.7 Å². The smallest absolute Gasteiger partial charge is 0.227 e. The number of benzene rings is 1. The third kappa shape index (κ3) is 2.52. The number of piperidine rings is 1. The van der Waals surface area contributed by atoms with Gasteiger partial charge in [-0.15, -0.1) is 0 Å². The summed E-state index contributed by atoms with van der Waals surface area (Å²) in [6, 6.07) is 9.34. The predicted molar refractivity (Wildman–Crippen MR) is 84.0 cm³/mol. The van der Waals surface area contributed by atoms with Crippen LogP contribution < -0.4 is 0 Å². The van der Waals surface area contributed by atoms with Crippen molar-refractivity contribution in [1.29, 1.82) is 0 Å². The zero-order valence-electron chi connectivity index (χ0n) is 12.8. The fourth-order valence-electron chi connectivity index (χ4n) is 4.21. The van der Waals surface area contributed by atoms with Gasteiger partial charge in [0.1, 0.15) is 0 Å². The lowest BCUT2D eigenvalue weighted by atomic mass is 9.95. The lowest BCUT2D eigenvalue weighted by Gasteiger charge is -2.36. The third-order valence-corrected chi connectivity index (χ3v) is 5.31. The maximum Gasteiger partial charge on any atom is 0.227 e. The van der Waals surface area contributed by atoms with Crippen LogP contribution in [0, 0.1) is 6.92 Å². The molecular formula is C19H23NO. The summed E-state index contributed by atoms with van der Waals surface area (Å²) < 4.78 is 0. The van der Waals surface area contributed by atoms with Crippen molar-refractivity contribution in [1.82, 2.24) is 4.90 Å². The van der Waals surface area contributed by atoms with Crippen molar-refractivity contribution in [3.8, 4) is 0 Å². The van der Waals surface area contributed by atoms with Crippen LogP contribution in [0.25, 0.3) is 0 Å². The standard InChI is InChI=1S/C19H23NO/c1-13-3-2-4-14(9-13)10-19(21)20-17-7-8-18(20)12-16(11-17)15-5-6-15/h2-4,9,17-18H,5-8,10-12H2,1H3. The van der Waals surface area contributed by atoms with Crippen LogP contribution >= 0.6 is 0 Å². The van der Waals surface area contributed by atoms with Crippen LogP contribution in [-0.2, 0) is 11.2 Å². The van der Waals surface area contributed by atoms with E-state index in [0.717, 1.165) is 18.4 Å². The van der Waals surface area contributed by atoms with Gasteiger partial charge in [0.25, 0.3) is 0 Å². The Balaban J connectivity index is 1.49. The molecule has 2 heterocycles. The Morgan fingerprint density at radius 3 is 2.48 bits per heavy atom. The minimum Gasteiger partial charge on any atom is -0.336 e. The van der Waals surface area contributed by atoms with E-state index in [2.05, 4.69) is 36.1 Å². The topological polar surface area (TPSA) is 20.3 Å². The second-order valence-corrected chi connectivity index (χ2v) is 6.97. The fraction of sp³-hybridized carbons (Fsp3) is 0.526. The number of allylic oxidation sites excluding steroid dienone is 1. The summed E-state index contributed by atoms with van der Waals surface area (Å²) in [5, 5.41) is 0. The van der Waals surface area contributed by atoms with Crippen molar-refractivity contribution in [2.75, 3.05) is 0 Å². The molecule has 3 aliphatic rings. The van der Waals surface area contributed by atoms with E-state index in [4.69, 9.17) is 0 Å². The van der Waals surface area contributed by atoms with Gasteiger partial charge < -0.3 is 4.90 Å². The van der Waals surface area contributed by atoms with E-state index in [-0.39, 0.29) is 0 Å². The van der Waals surface area contributed by atoms with Crippen molar-refractivity contribution in [3.05, 3.63) is 46.5 Å². The van der Waals surface area contributed by atoms with Crippen LogP contribution in [0.2, 0.25) is 0 Å². The number of carbonyl (C=O) groups is 1. The van der Waals surface area contributed by atoms with E-state index in [1.54, 1.807) is 11.1 Å². The van der Waals surface area contributed by atoms with Crippen LogP contribution in [-0.4, -0.2) is 22.9 Å². The highest BCUT2D eigenvalue weighted by Gasteiger charge is 2.42. The average Bonchev–Trinajstić information content (AvgIpc) is 3.25. The summed E-state index contributed by atoms with van der Waals surface area (Å²) >= 11 is 0. The first-order valence-corrected chi connectivity index (χ1v) is 8.27. The molecule has 2 bridgehead atoms. The summed E-state index contributed by atoms with van der Waals surface area (Å²) in [4.78, 5) is 15.0. The molecule has 1 saturated carbocycles. The first kappa shape index (κ1) is 13.1. The van der Waals surface area contributed by atoms with E-state index < -0.39 is 0 Å². The largest absolute Gasteiger partial charge is 0.336 e. The Hall–Kier alpha value is -1.57. The Kier molecular flexibility index (Phi) is 3.13. The summed E-state index contributed by atoms with van der Waals surface area (Å²) in [7, 11) is 0. The summed E-state index contributed by atoms with van der Waals surface area (Å²) in [5.41, 5.74) is 5.80. The maximum atomic E-state index is 12.7. The van der Waals surface area contributed by atoms with Crippen molar-refractivity contribution in [3.63, 3.8) is 0 Å². The van der Waals surface area contributed by atoms with Gasteiger partial charge in [0.15, 0.2) is 0 Å². The van der Waals surface area contributed by atoms with E-state index in [1.165, 1.54) is 31.2 Å². The van der Waals surface area contributed by atoms with Crippen molar-refractivity contribution in [2.24, 2.45) is 0 Å². The Bertz CT molecular complexity index is 594. The van der Waals surface area contributed by atoms with Gasteiger partial charge in [-0.1, -0.05) is 41.0 Å². The second-order valence-electron chi connectivity index (χ2n) is 6.97. The lowest BCUT2D eigenvalue weighted by molar-refractivity contribution is -0.134. The minimum absolute atomic E-state index is 0.341. The minimum atomic E-state index is 0.341. The molecule has 3 fully saturated rings. The number of carbonyl (C=O) groups excluding carboxylic acids is 1. The van der Waals surface area contributed by atoms with Crippen LogP contribution in [0.3, 0.4) is 0 Å². The van der Waals surface area contributed by atoms with Gasteiger partial charge in [0.2, 0.25) is 5.91 Å². The SMILES string of the molecule is Cc1cccc(CC(=O)N2C3CCC2CC(=C2CC2)C3)c1. The maximum absolute atomic E-state index is 12.7. The van der Waals surface area contributed by atoms with E-state index in [1.807, 2.05) is 0 Å². The quantitative estimate of drug-likeness (QED) is 0.755. The van der Waals surface area contributed by atoms with E-state index in [9.17, 15) is 4.79 Å². The predicted octanol–water partition coefficient (Wildman–Crippen LogP) is 3.78. The molecule has 1 aromatic carbocycles. The number of aryl methyl sites for hydroxylation is 1. The Morgan fingerprint density at radius 1 is 1.14 bits per heavy atom. The molecule has 1 amide bonds. The second kappa shape index (κ2) is 5.01. The highest BCUT2D eigenvalue weighted by Crippen LogP contribution is 2.44.